The molecule has 2 aliphatic heterocycles. The molecular weight excluding hydrogens is 444 g/mol. The number of fused-ring (bicyclic) bond motifs is 1. The number of benzene rings is 1. The van der Waals surface area contributed by atoms with Gasteiger partial charge in [-0.25, -0.2) is 4.79 Å². The van der Waals surface area contributed by atoms with Crippen molar-refractivity contribution in [2.24, 2.45) is 0 Å². The van der Waals surface area contributed by atoms with E-state index in [4.69, 9.17) is 4.74 Å². The molecule has 150 valence electrons. The van der Waals surface area contributed by atoms with E-state index < -0.39 is 17.6 Å². The molecule has 0 aromatic heterocycles. The molecule has 0 saturated carbocycles. The van der Waals surface area contributed by atoms with Gasteiger partial charge in [0, 0.05) is 16.6 Å². The van der Waals surface area contributed by atoms with Gasteiger partial charge in [-0.05, 0) is 44.9 Å². The Balaban J connectivity index is 1.80. The van der Waals surface area contributed by atoms with Crippen LogP contribution >= 0.6 is 27.7 Å². The molecule has 0 spiro atoms. The summed E-state index contributed by atoms with van der Waals surface area (Å²) in [6.07, 6.45) is 0.652. The van der Waals surface area contributed by atoms with E-state index in [-0.39, 0.29) is 17.2 Å². The Morgan fingerprint density at radius 3 is 2.57 bits per heavy atom. The van der Waals surface area contributed by atoms with E-state index in [1.165, 1.54) is 4.90 Å². The zero-order valence-electron chi connectivity index (χ0n) is 16.0. The van der Waals surface area contributed by atoms with Crippen LogP contribution in [0.5, 0.6) is 0 Å². The zero-order chi connectivity index (χ0) is 20.5. The van der Waals surface area contributed by atoms with Crippen molar-refractivity contribution < 1.29 is 19.1 Å². The summed E-state index contributed by atoms with van der Waals surface area (Å²) in [5.41, 5.74) is 1.05. The Hall–Kier alpha value is -1.80. The van der Waals surface area contributed by atoms with Crippen molar-refractivity contribution in [2.75, 3.05) is 11.1 Å². The number of carbonyl (C=O) groups is 3. The summed E-state index contributed by atoms with van der Waals surface area (Å²) < 4.78 is 5.54. The van der Waals surface area contributed by atoms with Gasteiger partial charge in [-0.2, -0.15) is 0 Å². The Morgan fingerprint density at radius 2 is 1.96 bits per heavy atom. The third kappa shape index (κ3) is 4.27. The number of esters is 1. The van der Waals surface area contributed by atoms with E-state index in [0.717, 1.165) is 5.57 Å². The lowest BCUT2D eigenvalue weighted by atomic mass is 10.0. The molecule has 1 aromatic carbocycles. The highest BCUT2D eigenvalue weighted by Crippen LogP contribution is 2.42. The molecule has 1 aromatic rings. The molecule has 2 aliphatic rings. The topological polar surface area (TPSA) is 75.7 Å². The number of hydrogen-bond acceptors (Lipinski definition) is 5. The first-order valence-electron chi connectivity index (χ1n) is 9.05. The highest BCUT2D eigenvalue weighted by atomic mass is 79.9. The quantitative estimate of drug-likeness (QED) is 0.409. The van der Waals surface area contributed by atoms with Gasteiger partial charge in [-0.1, -0.05) is 34.1 Å². The average molecular weight is 467 g/mol. The predicted molar refractivity (Wildman–Crippen MR) is 112 cm³/mol. The predicted octanol–water partition coefficient (Wildman–Crippen LogP) is 3.08. The molecule has 0 aliphatic carbocycles. The molecule has 6 nitrogen and oxygen atoms in total. The van der Waals surface area contributed by atoms with Crippen LogP contribution in [-0.4, -0.2) is 50.8 Å². The number of β-lactam (4-membered cyclic amide) rings is 1. The van der Waals surface area contributed by atoms with Crippen molar-refractivity contribution in [1.29, 1.82) is 0 Å². The Bertz CT molecular complexity index is 819. The van der Waals surface area contributed by atoms with E-state index >= 15 is 0 Å². The van der Waals surface area contributed by atoms with Crippen LogP contribution in [0.3, 0.4) is 0 Å². The highest BCUT2D eigenvalue weighted by molar-refractivity contribution is 9.09. The average Bonchev–Trinajstić information content (AvgIpc) is 2.65. The van der Waals surface area contributed by atoms with Crippen LogP contribution in [0.15, 0.2) is 41.6 Å². The Morgan fingerprint density at radius 1 is 1.29 bits per heavy atom. The van der Waals surface area contributed by atoms with E-state index in [1.54, 1.807) is 56.8 Å². The largest absolute Gasteiger partial charge is 0.455 e. The lowest BCUT2D eigenvalue weighted by Crippen LogP contribution is -2.70. The number of nitrogens with zero attached hydrogens (tertiary/aromatic N) is 1. The molecular formula is C20H23BrN2O4S. The number of nitrogens with one attached hydrogen (secondary N) is 1. The van der Waals surface area contributed by atoms with Crippen LogP contribution in [0.25, 0.3) is 0 Å². The van der Waals surface area contributed by atoms with E-state index in [9.17, 15) is 14.4 Å². The first-order valence-corrected chi connectivity index (χ1v) is 11.2. The van der Waals surface area contributed by atoms with Crippen molar-refractivity contribution >= 4 is 45.5 Å². The molecule has 2 heterocycles. The number of halogens is 1. The minimum absolute atomic E-state index is 0.283. The monoisotopic (exact) mass is 466 g/mol. The number of hydrogen-bond donors (Lipinski definition) is 1. The number of alkyl halides is 1. The van der Waals surface area contributed by atoms with Gasteiger partial charge in [-0.15, -0.1) is 11.8 Å². The standard InChI is InChI=1S/C20H23BrN2O4S/c1-20(2,3)27-19(26)15-13(9-10-21)11-28-18-14(17(25)23(15)18)22-16(24)12-7-5-4-6-8-12/h4-8,14,18H,9-11H2,1-3H3,(H,22,24)/t14?,18-/m0/s1. The second kappa shape index (κ2) is 8.29. The second-order valence-electron chi connectivity index (χ2n) is 7.62. The van der Waals surface area contributed by atoms with Crippen molar-refractivity contribution in [1.82, 2.24) is 10.2 Å². The van der Waals surface area contributed by atoms with E-state index in [1.807, 2.05) is 6.07 Å². The summed E-state index contributed by atoms with van der Waals surface area (Å²) in [5.74, 6) is -0.454. The van der Waals surface area contributed by atoms with Gasteiger partial charge in [0.15, 0.2) is 0 Å². The Kier molecular flexibility index (Phi) is 6.19. The summed E-state index contributed by atoms with van der Waals surface area (Å²) in [5, 5.41) is 3.19. The minimum atomic E-state index is -0.654. The smallest absolute Gasteiger partial charge is 0.355 e. The second-order valence-corrected chi connectivity index (χ2v) is 9.52. The number of thioether (sulfide) groups is 1. The van der Waals surface area contributed by atoms with Crippen molar-refractivity contribution in [3.05, 3.63) is 47.2 Å². The normalized spacial score (nSPS) is 21.7. The highest BCUT2D eigenvalue weighted by Gasteiger charge is 2.54. The molecule has 0 radical (unpaired) electrons. The molecule has 2 amide bonds. The molecule has 3 rings (SSSR count). The number of amides is 2. The van der Waals surface area contributed by atoms with Crippen LogP contribution in [0.2, 0.25) is 0 Å². The fourth-order valence-corrected chi connectivity index (χ4v) is 4.98. The summed E-state index contributed by atoms with van der Waals surface area (Å²) in [6, 6.07) is 8.12. The van der Waals surface area contributed by atoms with Gasteiger partial charge in [0.2, 0.25) is 0 Å². The van der Waals surface area contributed by atoms with E-state index in [0.29, 0.717) is 28.8 Å². The van der Waals surface area contributed by atoms with E-state index in [2.05, 4.69) is 21.2 Å². The molecule has 1 N–H and O–H groups in total. The fourth-order valence-electron chi connectivity index (χ4n) is 3.12. The molecule has 8 heteroatoms. The zero-order valence-corrected chi connectivity index (χ0v) is 18.4. The number of rotatable bonds is 5. The summed E-state index contributed by atoms with van der Waals surface area (Å²) >= 11 is 4.96. The van der Waals surface area contributed by atoms with Gasteiger partial charge >= 0.3 is 5.97 Å². The number of carbonyl (C=O) groups excluding carboxylic acids is 3. The van der Waals surface area contributed by atoms with Gasteiger partial charge < -0.3 is 10.1 Å². The van der Waals surface area contributed by atoms with Crippen molar-refractivity contribution in [2.45, 2.75) is 44.2 Å². The van der Waals surface area contributed by atoms with Crippen LogP contribution in [0, 0.1) is 0 Å². The van der Waals surface area contributed by atoms with Gasteiger partial charge in [-0.3, -0.25) is 14.5 Å². The Labute approximate surface area is 177 Å². The van der Waals surface area contributed by atoms with Crippen LogP contribution in [0.1, 0.15) is 37.6 Å². The summed E-state index contributed by atoms with van der Waals surface area (Å²) in [7, 11) is 0. The van der Waals surface area contributed by atoms with Gasteiger partial charge in [0.25, 0.3) is 11.8 Å². The van der Waals surface area contributed by atoms with Gasteiger partial charge in [0.05, 0.1) is 0 Å². The summed E-state index contributed by atoms with van der Waals surface area (Å²) in [6.45, 7) is 5.39. The van der Waals surface area contributed by atoms with Crippen LogP contribution in [0.4, 0.5) is 0 Å². The molecule has 1 unspecified atom stereocenters. The first kappa shape index (κ1) is 20.9. The fraction of sp³-hybridized carbons (Fsp3) is 0.450. The third-order valence-electron chi connectivity index (χ3n) is 4.36. The molecule has 28 heavy (non-hydrogen) atoms. The lowest BCUT2D eigenvalue weighted by Gasteiger charge is -2.50. The van der Waals surface area contributed by atoms with Crippen LogP contribution < -0.4 is 5.32 Å². The maximum Gasteiger partial charge on any atom is 0.355 e. The lowest BCUT2D eigenvalue weighted by molar-refractivity contribution is -0.158. The van der Waals surface area contributed by atoms with Crippen molar-refractivity contribution in [3.8, 4) is 0 Å². The minimum Gasteiger partial charge on any atom is -0.455 e. The number of ether oxygens (including phenoxy) is 1. The maximum absolute atomic E-state index is 12.8. The third-order valence-corrected chi connectivity index (χ3v) is 6.09. The maximum atomic E-state index is 12.8. The van der Waals surface area contributed by atoms with Crippen LogP contribution in [-0.2, 0) is 14.3 Å². The van der Waals surface area contributed by atoms with Crippen molar-refractivity contribution in [3.63, 3.8) is 0 Å². The van der Waals surface area contributed by atoms with Gasteiger partial charge in [0.1, 0.15) is 22.7 Å². The molecule has 1 saturated heterocycles. The SMILES string of the molecule is CC(C)(C)OC(=O)C1=C(CCBr)CS[C@H]2C(NC(=O)c3ccccc3)C(=O)N12. The molecule has 0 bridgehead atoms. The first-order chi connectivity index (χ1) is 13.2. The molecule has 1 fully saturated rings. The molecule has 2 atom stereocenters. The summed E-state index contributed by atoms with van der Waals surface area (Å²) in [4.78, 5) is 39.6.